The molecule has 47 heavy (non-hydrogen) atoms. The first-order valence-corrected chi connectivity index (χ1v) is 17.0. The second-order valence-corrected chi connectivity index (χ2v) is 15.8. The number of aromatic nitrogens is 2. The van der Waals surface area contributed by atoms with E-state index >= 15 is 0 Å². The van der Waals surface area contributed by atoms with Crippen LogP contribution in [0.5, 0.6) is 0 Å². The molecule has 10 rings (SSSR count). The van der Waals surface area contributed by atoms with Crippen LogP contribution < -0.4 is 10.9 Å². The van der Waals surface area contributed by atoms with Gasteiger partial charge in [0.1, 0.15) is 0 Å². The van der Waals surface area contributed by atoms with Gasteiger partial charge in [0, 0.05) is 43.8 Å². The first-order valence-electron chi connectivity index (χ1n) is 17.0. The summed E-state index contributed by atoms with van der Waals surface area (Å²) in [6, 6.07) is 44.0. The van der Waals surface area contributed by atoms with Gasteiger partial charge in [-0.05, 0) is 86.0 Å². The van der Waals surface area contributed by atoms with Gasteiger partial charge in [0.05, 0.1) is 11.0 Å². The molecule has 0 saturated heterocycles. The van der Waals surface area contributed by atoms with Crippen LogP contribution in [0.2, 0.25) is 0 Å². The molecule has 6 aromatic carbocycles. The molecule has 0 fully saturated rings. The number of hydrogen-bond donors (Lipinski definition) is 0. The number of para-hydroxylation sites is 2. The summed E-state index contributed by atoms with van der Waals surface area (Å²) in [5.41, 5.74) is 17.4. The molecule has 2 aliphatic rings. The van der Waals surface area contributed by atoms with Crippen LogP contribution in [-0.4, -0.2) is 15.9 Å². The predicted octanol–water partition coefficient (Wildman–Crippen LogP) is 10.1. The molecule has 0 radical (unpaired) electrons. The van der Waals surface area contributed by atoms with E-state index in [1.165, 1.54) is 93.6 Å². The Bertz CT molecular complexity index is 2640. The highest BCUT2D eigenvalue weighted by Crippen LogP contribution is 2.45. The highest BCUT2D eigenvalue weighted by Gasteiger charge is 2.42. The summed E-state index contributed by atoms with van der Waals surface area (Å²) in [5.74, 6) is 0. The third kappa shape index (κ3) is 3.52. The number of benzene rings is 6. The molecule has 0 spiro atoms. The van der Waals surface area contributed by atoms with Crippen molar-refractivity contribution in [2.24, 2.45) is 0 Å². The lowest BCUT2D eigenvalue weighted by molar-refractivity contribution is 0.590. The van der Waals surface area contributed by atoms with E-state index in [0.717, 1.165) is 0 Å². The lowest BCUT2D eigenvalue weighted by Gasteiger charge is -2.35. The topological polar surface area (TPSA) is 9.86 Å². The maximum Gasteiger partial charge on any atom is 0.333 e. The Kier molecular flexibility index (Phi) is 5.12. The van der Waals surface area contributed by atoms with Gasteiger partial charge in [-0.25, -0.2) is 0 Å². The minimum absolute atomic E-state index is 0.00166. The minimum atomic E-state index is 0.00166. The van der Waals surface area contributed by atoms with Gasteiger partial charge in [-0.3, -0.25) is 0 Å². The quantitative estimate of drug-likeness (QED) is 0.165. The average Bonchev–Trinajstić information content (AvgIpc) is 3.58. The second-order valence-electron chi connectivity index (χ2n) is 15.8. The standard InChI is InChI=1S/C44H37BN2/c1-43(2,3)28-19-20-37-33(23-28)35-24-29(44(4,5)6)25-36-42(35)46(37)39-22-27(26-13-8-7-9-14-26)21-34-32-17-12-16-31-30-15-10-11-18-38(30)47(41(31)32)45(36)40(34)39/h7-25H,1-6H3. The van der Waals surface area contributed by atoms with Gasteiger partial charge in [0.2, 0.25) is 0 Å². The molecule has 2 nitrogen and oxygen atoms in total. The normalized spacial score (nSPS) is 13.7. The molecule has 0 unspecified atom stereocenters. The van der Waals surface area contributed by atoms with Crippen LogP contribution in [0.25, 0.3) is 71.6 Å². The molecule has 3 heteroatoms. The smallest absolute Gasteiger partial charge is 0.333 e. The second kappa shape index (κ2) is 8.86. The van der Waals surface area contributed by atoms with Crippen molar-refractivity contribution in [1.82, 2.24) is 9.05 Å². The lowest BCUT2D eigenvalue weighted by atomic mass is 9.45. The summed E-state index contributed by atoms with van der Waals surface area (Å²) in [7, 11) is 0. The maximum absolute atomic E-state index is 2.68. The van der Waals surface area contributed by atoms with Crippen LogP contribution in [0.1, 0.15) is 52.7 Å². The van der Waals surface area contributed by atoms with Crippen molar-refractivity contribution in [1.29, 1.82) is 0 Å². The number of hydrogen-bond acceptors (Lipinski definition) is 0. The molecule has 0 aliphatic carbocycles. The molecule has 2 aromatic heterocycles. The fourth-order valence-electron chi connectivity index (χ4n) is 8.63. The minimum Gasteiger partial charge on any atom is -0.375 e. The van der Waals surface area contributed by atoms with Crippen molar-refractivity contribution >= 4 is 61.4 Å². The highest BCUT2D eigenvalue weighted by atomic mass is 15.0. The Hall–Kier alpha value is -5.02. The number of nitrogens with zero attached hydrogens (tertiary/aromatic N) is 2. The Morgan fingerprint density at radius 1 is 0.489 bits per heavy atom. The lowest BCUT2D eigenvalue weighted by Crippen LogP contribution is -2.55. The van der Waals surface area contributed by atoms with Crippen molar-refractivity contribution < 1.29 is 0 Å². The Labute approximate surface area is 276 Å². The van der Waals surface area contributed by atoms with Crippen LogP contribution in [-0.2, 0) is 10.8 Å². The third-order valence-electron chi connectivity index (χ3n) is 11.0. The molecule has 0 amide bonds. The monoisotopic (exact) mass is 604 g/mol. The van der Waals surface area contributed by atoms with E-state index in [0.29, 0.717) is 0 Å². The molecule has 0 N–H and O–H groups in total. The SMILES string of the molecule is CC(C)(C)c1ccc2c(c1)c1cc(C(C)(C)C)cc3c1n2-c1cc(-c2ccccc2)cc2c1B3n1c3ccccc3c3cccc-2c31. The Morgan fingerprint density at radius 2 is 1.21 bits per heavy atom. The Morgan fingerprint density at radius 3 is 2.00 bits per heavy atom. The maximum atomic E-state index is 2.68. The van der Waals surface area contributed by atoms with Crippen LogP contribution in [0, 0.1) is 0 Å². The van der Waals surface area contributed by atoms with Crippen LogP contribution in [0.15, 0.2) is 115 Å². The zero-order valence-corrected chi connectivity index (χ0v) is 27.9. The van der Waals surface area contributed by atoms with E-state index in [4.69, 9.17) is 0 Å². The zero-order valence-electron chi connectivity index (χ0n) is 27.9. The van der Waals surface area contributed by atoms with Crippen molar-refractivity contribution in [3.05, 3.63) is 126 Å². The summed E-state index contributed by atoms with van der Waals surface area (Å²) in [4.78, 5) is 0. The fourth-order valence-corrected chi connectivity index (χ4v) is 8.63. The van der Waals surface area contributed by atoms with E-state index in [9.17, 15) is 0 Å². The highest BCUT2D eigenvalue weighted by molar-refractivity contribution is 6.90. The average molecular weight is 605 g/mol. The van der Waals surface area contributed by atoms with Gasteiger partial charge in [-0.2, -0.15) is 0 Å². The molecular weight excluding hydrogens is 567 g/mol. The van der Waals surface area contributed by atoms with E-state index in [-0.39, 0.29) is 17.7 Å². The van der Waals surface area contributed by atoms with Gasteiger partial charge in [0.25, 0.3) is 0 Å². The molecule has 226 valence electrons. The van der Waals surface area contributed by atoms with Crippen molar-refractivity contribution in [2.45, 2.75) is 52.4 Å². The molecule has 4 heterocycles. The van der Waals surface area contributed by atoms with E-state index in [2.05, 4.69) is 166 Å². The summed E-state index contributed by atoms with van der Waals surface area (Å²) >= 11 is 0. The van der Waals surface area contributed by atoms with Gasteiger partial charge in [-0.1, -0.05) is 120 Å². The third-order valence-corrected chi connectivity index (χ3v) is 11.0. The van der Waals surface area contributed by atoms with Crippen LogP contribution in [0.4, 0.5) is 0 Å². The van der Waals surface area contributed by atoms with E-state index in [1.54, 1.807) is 0 Å². The molecule has 0 bridgehead atoms. The number of fused-ring (bicyclic) bond motifs is 10. The molecule has 8 aromatic rings. The molecular formula is C44H37BN2. The zero-order chi connectivity index (χ0) is 32.0. The van der Waals surface area contributed by atoms with Gasteiger partial charge >= 0.3 is 6.85 Å². The predicted molar refractivity (Wildman–Crippen MR) is 202 cm³/mol. The summed E-state index contributed by atoms with van der Waals surface area (Å²) in [6.45, 7) is 14.1. The summed E-state index contributed by atoms with van der Waals surface area (Å²) in [6.07, 6.45) is 0. The molecule has 0 saturated carbocycles. The van der Waals surface area contributed by atoms with Gasteiger partial charge in [-0.15, -0.1) is 0 Å². The Balaban J connectivity index is 1.46. The van der Waals surface area contributed by atoms with Crippen molar-refractivity contribution in [3.63, 3.8) is 0 Å². The van der Waals surface area contributed by atoms with E-state index < -0.39 is 0 Å². The first kappa shape index (κ1) is 27.1. The van der Waals surface area contributed by atoms with Gasteiger partial charge < -0.3 is 9.05 Å². The summed E-state index contributed by atoms with van der Waals surface area (Å²) < 4.78 is 5.29. The largest absolute Gasteiger partial charge is 0.375 e. The van der Waals surface area contributed by atoms with Gasteiger partial charge in [0.15, 0.2) is 0 Å². The fraction of sp³-hybridized carbons (Fsp3) is 0.182. The van der Waals surface area contributed by atoms with Crippen molar-refractivity contribution in [3.8, 4) is 27.9 Å². The van der Waals surface area contributed by atoms with E-state index in [1.807, 2.05) is 0 Å². The molecule has 2 aliphatic heterocycles. The van der Waals surface area contributed by atoms with Crippen molar-refractivity contribution in [2.75, 3.05) is 0 Å². The number of rotatable bonds is 1. The first-order chi connectivity index (χ1) is 22.6. The summed E-state index contributed by atoms with van der Waals surface area (Å²) in [5, 5.41) is 5.36. The van der Waals surface area contributed by atoms with Crippen LogP contribution in [0.3, 0.4) is 0 Å². The molecule has 0 atom stereocenters. The van der Waals surface area contributed by atoms with Crippen LogP contribution >= 0.6 is 0 Å².